The molecule has 0 aliphatic rings. The van der Waals surface area contributed by atoms with E-state index in [2.05, 4.69) is 9.97 Å². The third-order valence-corrected chi connectivity index (χ3v) is 4.78. The topological polar surface area (TPSA) is 55.3 Å². The monoisotopic (exact) mass is 409 g/mol. The maximum atomic E-state index is 13.1. The van der Waals surface area contributed by atoms with Crippen LogP contribution in [0.4, 0.5) is 0 Å². The number of rotatable bonds is 7. The fourth-order valence-corrected chi connectivity index (χ4v) is 3.26. The number of allylic oxidation sites excluding steroid dienone is 1. The summed E-state index contributed by atoms with van der Waals surface area (Å²) in [5.74, 6) is 0.635. The zero-order valence-electron chi connectivity index (χ0n) is 17.5. The molecule has 0 aliphatic heterocycles. The maximum absolute atomic E-state index is 13.1. The van der Waals surface area contributed by atoms with Gasteiger partial charge in [-0.3, -0.25) is 9.78 Å². The predicted octanol–water partition coefficient (Wildman–Crippen LogP) is 4.99. The van der Waals surface area contributed by atoms with Crippen LogP contribution in [0.5, 0.6) is 5.75 Å². The Morgan fingerprint density at radius 1 is 0.903 bits per heavy atom. The summed E-state index contributed by atoms with van der Waals surface area (Å²) >= 11 is 0. The van der Waals surface area contributed by atoms with Crippen LogP contribution in [0.25, 0.3) is 16.5 Å². The molecule has 0 radical (unpaired) electrons. The summed E-state index contributed by atoms with van der Waals surface area (Å²) in [4.78, 5) is 23.7. The van der Waals surface area contributed by atoms with Gasteiger partial charge in [-0.05, 0) is 54.1 Å². The van der Waals surface area contributed by atoms with Gasteiger partial charge in [-0.2, -0.15) is 0 Å². The van der Waals surface area contributed by atoms with E-state index < -0.39 is 0 Å². The molecule has 0 atom stereocenters. The number of carbonyl (C=O) groups excluding carboxylic acids is 1. The van der Waals surface area contributed by atoms with E-state index in [1.807, 2.05) is 85.9 Å². The van der Waals surface area contributed by atoms with Crippen molar-refractivity contribution in [3.63, 3.8) is 0 Å². The standard InChI is InChI=1S/C26H23N3O2/c1-29(2)17-24(19-13-15-27-16-14-19)26(30)21-8-11-23(12-9-21)31-18-22-10-7-20-5-3-4-6-25(20)28-22/h3-17H,18H2,1-2H3/b24-17+. The van der Waals surface area contributed by atoms with Crippen molar-refractivity contribution in [3.8, 4) is 5.75 Å². The number of benzene rings is 2. The molecular formula is C26H23N3O2. The van der Waals surface area contributed by atoms with Crippen molar-refractivity contribution in [2.45, 2.75) is 6.61 Å². The van der Waals surface area contributed by atoms with Crippen molar-refractivity contribution in [3.05, 3.63) is 108 Å². The highest BCUT2D eigenvalue weighted by Gasteiger charge is 2.15. The van der Waals surface area contributed by atoms with Gasteiger partial charge in [0.25, 0.3) is 0 Å². The number of nitrogens with zero attached hydrogens (tertiary/aromatic N) is 3. The highest BCUT2D eigenvalue weighted by atomic mass is 16.5. The van der Waals surface area contributed by atoms with Crippen molar-refractivity contribution in [2.75, 3.05) is 14.1 Å². The molecule has 2 aromatic heterocycles. The van der Waals surface area contributed by atoms with Crippen LogP contribution in [-0.2, 0) is 6.61 Å². The van der Waals surface area contributed by atoms with Gasteiger partial charge in [0.05, 0.1) is 11.2 Å². The van der Waals surface area contributed by atoms with Crippen LogP contribution in [0.3, 0.4) is 0 Å². The Balaban J connectivity index is 1.48. The van der Waals surface area contributed by atoms with Crippen LogP contribution in [0.2, 0.25) is 0 Å². The molecule has 5 heteroatoms. The molecule has 0 fully saturated rings. The van der Waals surface area contributed by atoms with Crippen molar-refractivity contribution in [2.24, 2.45) is 0 Å². The fourth-order valence-electron chi connectivity index (χ4n) is 3.26. The minimum Gasteiger partial charge on any atom is -0.487 e. The van der Waals surface area contributed by atoms with Gasteiger partial charge in [0, 0.05) is 49.2 Å². The first-order chi connectivity index (χ1) is 15.1. The SMILES string of the molecule is CN(C)/C=C(/C(=O)c1ccc(OCc2ccc3ccccc3n2)cc1)c1ccncc1. The third kappa shape index (κ3) is 4.95. The number of pyridine rings is 2. The van der Waals surface area contributed by atoms with Gasteiger partial charge in [0.1, 0.15) is 12.4 Å². The number of hydrogen-bond donors (Lipinski definition) is 0. The second kappa shape index (κ2) is 9.22. The van der Waals surface area contributed by atoms with Gasteiger partial charge < -0.3 is 9.64 Å². The van der Waals surface area contributed by atoms with E-state index in [9.17, 15) is 4.79 Å². The first-order valence-corrected chi connectivity index (χ1v) is 10.0. The molecule has 0 saturated carbocycles. The van der Waals surface area contributed by atoms with E-state index >= 15 is 0 Å². The van der Waals surface area contributed by atoms with Gasteiger partial charge in [-0.15, -0.1) is 0 Å². The molecule has 0 unspecified atom stereocenters. The Morgan fingerprint density at radius 2 is 1.65 bits per heavy atom. The van der Waals surface area contributed by atoms with E-state index in [-0.39, 0.29) is 5.78 Å². The minimum atomic E-state index is -0.0531. The number of ether oxygens (including phenoxy) is 1. The second-order valence-electron chi connectivity index (χ2n) is 7.38. The van der Waals surface area contributed by atoms with Crippen molar-refractivity contribution in [1.82, 2.24) is 14.9 Å². The molecule has 0 spiro atoms. The van der Waals surface area contributed by atoms with Gasteiger partial charge in [-0.1, -0.05) is 24.3 Å². The predicted molar refractivity (Wildman–Crippen MR) is 123 cm³/mol. The zero-order chi connectivity index (χ0) is 21.6. The summed E-state index contributed by atoms with van der Waals surface area (Å²) < 4.78 is 5.88. The average Bonchev–Trinajstić information content (AvgIpc) is 2.81. The van der Waals surface area contributed by atoms with E-state index in [1.165, 1.54) is 0 Å². The van der Waals surface area contributed by atoms with Crippen molar-refractivity contribution in [1.29, 1.82) is 0 Å². The molecular weight excluding hydrogens is 386 g/mol. The second-order valence-corrected chi connectivity index (χ2v) is 7.38. The van der Waals surface area contributed by atoms with Crippen LogP contribution < -0.4 is 4.74 Å². The number of fused-ring (bicyclic) bond motifs is 1. The van der Waals surface area contributed by atoms with Crippen LogP contribution in [0.15, 0.2) is 91.4 Å². The van der Waals surface area contributed by atoms with E-state index in [0.29, 0.717) is 23.5 Å². The number of hydrogen-bond acceptors (Lipinski definition) is 5. The van der Waals surface area contributed by atoms with E-state index in [0.717, 1.165) is 22.2 Å². The van der Waals surface area contributed by atoms with Crippen LogP contribution >= 0.6 is 0 Å². The normalized spacial score (nSPS) is 11.4. The Hall–Kier alpha value is -3.99. The Labute approximate surface area is 181 Å². The van der Waals surface area contributed by atoms with E-state index in [4.69, 9.17) is 4.74 Å². The number of carbonyl (C=O) groups is 1. The molecule has 2 aromatic carbocycles. The lowest BCUT2D eigenvalue weighted by atomic mass is 9.98. The number of ketones is 1. The number of Topliss-reactive ketones (excluding diaryl/α,β-unsaturated/α-hetero) is 1. The quantitative estimate of drug-likeness (QED) is 0.318. The first-order valence-electron chi connectivity index (χ1n) is 10.0. The first kappa shape index (κ1) is 20.3. The Morgan fingerprint density at radius 3 is 2.39 bits per heavy atom. The smallest absolute Gasteiger partial charge is 0.195 e. The third-order valence-electron chi connectivity index (χ3n) is 4.78. The molecule has 0 saturated heterocycles. The average molecular weight is 409 g/mol. The maximum Gasteiger partial charge on any atom is 0.195 e. The summed E-state index contributed by atoms with van der Waals surface area (Å²) in [5.41, 5.74) is 3.84. The van der Waals surface area contributed by atoms with Crippen LogP contribution in [0.1, 0.15) is 21.6 Å². The number of aromatic nitrogens is 2. The molecule has 154 valence electrons. The summed E-state index contributed by atoms with van der Waals surface area (Å²) in [7, 11) is 3.79. The molecule has 31 heavy (non-hydrogen) atoms. The van der Waals surface area contributed by atoms with Gasteiger partial charge in [-0.25, -0.2) is 4.98 Å². The Kier molecular flexibility index (Phi) is 6.03. The highest BCUT2D eigenvalue weighted by molar-refractivity contribution is 6.28. The molecule has 4 rings (SSSR count). The van der Waals surface area contributed by atoms with Gasteiger partial charge in [0.2, 0.25) is 0 Å². The van der Waals surface area contributed by atoms with Crippen LogP contribution in [0, 0.1) is 0 Å². The van der Waals surface area contributed by atoms with Crippen molar-refractivity contribution >= 4 is 22.3 Å². The van der Waals surface area contributed by atoms with Gasteiger partial charge >= 0.3 is 0 Å². The fraction of sp³-hybridized carbons (Fsp3) is 0.115. The van der Waals surface area contributed by atoms with Crippen LogP contribution in [-0.4, -0.2) is 34.7 Å². The molecule has 0 aliphatic carbocycles. The summed E-state index contributed by atoms with van der Waals surface area (Å²) in [6.45, 7) is 0.362. The van der Waals surface area contributed by atoms with Gasteiger partial charge in [0.15, 0.2) is 5.78 Å². The van der Waals surface area contributed by atoms with Crippen molar-refractivity contribution < 1.29 is 9.53 Å². The van der Waals surface area contributed by atoms with E-state index in [1.54, 1.807) is 24.5 Å². The lowest BCUT2D eigenvalue weighted by molar-refractivity contribution is 0.105. The molecule has 0 amide bonds. The molecule has 5 nitrogen and oxygen atoms in total. The summed E-state index contributed by atoms with van der Waals surface area (Å²) in [6, 6.07) is 22.9. The molecule has 4 aromatic rings. The lowest BCUT2D eigenvalue weighted by Gasteiger charge is -2.12. The lowest BCUT2D eigenvalue weighted by Crippen LogP contribution is -2.09. The minimum absolute atomic E-state index is 0.0531. The Bertz CT molecular complexity index is 1220. The largest absolute Gasteiger partial charge is 0.487 e. The zero-order valence-corrected chi connectivity index (χ0v) is 17.5. The number of para-hydroxylation sites is 1. The molecule has 2 heterocycles. The summed E-state index contributed by atoms with van der Waals surface area (Å²) in [5, 5.41) is 1.10. The highest BCUT2D eigenvalue weighted by Crippen LogP contribution is 2.22. The molecule has 0 bridgehead atoms. The summed E-state index contributed by atoms with van der Waals surface area (Å²) in [6.07, 6.45) is 5.20. The molecule has 0 N–H and O–H groups in total.